The Morgan fingerprint density at radius 1 is 1.41 bits per heavy atom. The van der Waals surface area contributed by atoms with E-state index in [-0.39, 0.29) is 5.92 Å². The molecule has 0 amide bonds. The highest BCUT2D eigenvalue weighted by Crippen LogP contribution is 2.57. The molecule has 2 bridgehead atoms. The van der Waals surface area contributed by atoms with Crippen LogP contribution in [0.5, 0.6) is 0 Å². The molecule has 11 heteroatoms. The van der Waals surface area contributed by atoms with E-state index in [1.54, 1.807) is 0 Å². The lowest BCUT2D eigenvalue weighted by Gasteiger charge is -2.28. The topological polar surface area (TPSA) is 127 Å². The number of hydrogen-bond donors (Lipinski definition) is 2. The minimum Gasteiger partial charge on any atom is -0.461 e. The average molecular weight is 342 g/mol. The first-order valence-corrected chi connectivity index (χ1v) is 7.90. The van der Waals surface area contributed by atoms with E-state index < -0.39 is 63.9 Å². The van der Waals surface area contributed by atoms with Gasteiger partial charge in [0.15, 0.2) is 0 Å². The van der Waals surface area contributed by atoms with E-state index >= 15 is 0 Å². The molecule has 1 aliphatic heterocycles. The summed E-state index contributed by atoms with van der Waals surface area (Å²) in [7, 11) is -5.93. The van der Waals surface area contributed by atoms with Crippen molar-refractivity contribution < 1.29 is 45.9 Å². The highest BCUT2D eigenvalue weighted by atomic mass is 32.2. The lowest BCUT2D eigenvalue weighted by atomic mass is 9.80. The molecule has 3 rings (SSSR count). The zero-order valence-corrected chi connectivity index (χ0v) is 11.7. The van der Waals surface area contributed by atoms with Gasteiger partial charge < -0.3 is 14.6 Å². The molecule has 124 valence electrons. The van der Waals surface area contributed by atoms with Crippen LogP contribution in [0.3, 0.4) is 0 Å². The SMILES string of the molecule is O=C1OC2C(COC(=O)C(F)(F)S(=O)(=O)O)C3CC2C1C3O. The molecule has 0 aromatic rings. The van der Waals surface area contributed by atoms with Crippen LogP contribution in [0.15, 0.2) is 0 Å². The van der Waals surface area contributed by atoms with E-state index in [2.05, 4.69) is 4.74 Å². The van der Waals surface area contributed by atoms with Crippen LogP contribution in [0.1, 0.15) is 6.42 Å². The van der Waals surface area contributed by atoms with Crippen LogP contribution in [0, 0.1) is 23.7 Å². The van der Waals surface area contributed by atoms with Gasteiger partial charge in [-0.25, -0.2) is 4.79 Å². The Labute approximate surface area is 123 Å². The molecule has 0 aromatic carbocycles. The van der Waals surface area contributed by atoms with Crippen LogP contribution in [-0.2, 0) is 29.2 Å². The lowest BCUT2D eigenvalue weighted by molar-refractivity contribution is -0.165. The maximum absolute atomic E-state index is 13.1. The number of carbonyl (C=O) groups excluding carboxylic acids is 2. The second-order valence-corrected chi connectivity index (χ2v) is 7.20. The minimum atomic E-state index is -5.93. The molecule has 3 aliphatic rings. The number of alkyl halides is 2. The summed E-state index contributed by atoms with van der Waals surface area (Å²) >= 11 is 0. The molecule has 2 N–H and O–H groups in total. The van der Waals surface area contributed by atoms with Crippen molar-refractivity contribution in [2.45, 2.75) is 23.9 Å². The molecule has 0 aromatic heterocycles. The van der Waals surface area contributed by atoms with Gasteiger partial charge in [-0.1, -0.05) is 0 Å². The fourth-order valence-electron chi connectivity index (χ4n) is 3.73. The number of ether oxygens (including phenoxy) is 2. The van der Waals surface area contributed by atoms with Gasteiger partial charge in [-0.2, -0.15) is 17.2 Å². The third-order valence-electron chi connectivity index (χ3n) is 4.70. The Balaban J connectivity index is 1.69. The van der Waals surface area contributed by atoms with Crippen molar-refractivity contribution in [3.8, 4) is 0 Å². The number of rotatable bonds is 4. The van der Waals surface area contributed by atoms with E-state index in [1.165, 1.54) is 0 Å². The zero-order chi connectivity index (χ0) is 16.4. The molecule has 3 fully saturated rings. The fraction of sp³-hybridized carbons (Fsp3) is 0.818. The third kappa shape index (κ3) is 1.95. The summed E-state index contributed by atoms with van der Waals surface area (Å²) in [5.74, 6) is -4.99. The van der Waals surface area contributed by atoms with Crippen molar-refractivity contribution in [1.29, 1.82) is 0 Å². The van der Waals surface area contributed by atoms with Crippen LogP contribution >= 0.6 is 0 Å². The van der Waals surface area contributed by atoms with Crippen LogP contribution in [-0.4, -0.2) is 54.1 Å². The summed E-state index contributed by atoms with van der Waals surface area (Å²) in [4.78, 5) is 22.7. The monoisotopic (exact) mass is 342 g/mol. The summed E-state index contributed by atoms with van der Waals surface area (Å²) in [6, 6.07) is 0. The Hall–Kier alpha value is -1.33. The van der Waals surface area contributed by atoms with E-state index in [4.69, 9.17) is 9.29 Å². The minimum absolute atomic E-state index is 0.252. The number of hydrogen-bond acceptors (Lipinski definition) is 7. The molecular weight excluding hydrogens is 330 g/mol. The number of carbonyl (C=O) groups is 2. The maximum Gasteiger partial charge on any atom is 0.465 e. The second kappa shape index (κ2) is 4.59. The average Bonchev–Trinajstić information content (AvgIpc) is 2.97. The number of fused-ring (bicyclic) bond motifs is 1. The summed E-state index contributed by atoms with van der Waals surface area (Å²) in [5, 5.41) is 4.90. The first-order valence-electron chi connectivity index (χ1n) is 6.46. The van der Waals surface area contributed by atoms with Gasteiger partial charge in [0.1, 0.15) is 6.10 Å². The lowest BCUT2D eigenvalue weighted by Crippen LogP contribution is -2.43. The fourth-order valence-corrected chi connectivity index (χ4v) is 4.00. The molecular formula is C11H12F2O8S. The van der Waals surface area contributed by atoms with Gasteiger partial charge in [-0.05, 0) is 12.3 Å². The van der Waals surface area contributed by atoms with Gasteiger partial charge in [0, 0.05) is 11.8 Å². The first kappa shape index (κ1) is 15.6. The first-order chi connectivity index (χ1) is 10.1. The quantitative estimate of drug-likeness (QED) is 0.501. The molecule has 1 heterocycles. The number of esters is 2. The van der Waals surface area contributed by atoms with Gasteiger partial charge in [0.2, 0.25) is 0 Å². The Kier molecular flexibility index (Phi) is 3.24. The van der Waals surface area contributed by atoms with Crippen molar-refractivity contribution in [3.63, 3.8) is 0 Å². The normalized spacial score (nSPS) is 39.9. The van der Waals surface area contributed by atoms with E-state index in [9.17, 15) is 31.9 Å². The third-order valence-corrected chi connectivity index (χ3v) is 5.51. The maximum atomic E-state index is 13.1. The Bertz CT molecular complexity index is 632. The second-order valence-electron chi connectivity index (χ2n) is 5.74. The highest BCUT2D eigenvalue weighted by Gasteiger charge is 2.66. The Morgan fingerprint density at radius 2 is 2.05 bits per heavy atom. The molecule has 6 unspecified atom stereocenters. The van der Waals surface area contributed by atoms with Crippen molar-refractivity contribution in [1.82, 2.24) is 0 Å². The summed E-state index contributed by atoms with van der Waals surface area (Å²) in [6.07, 6.45) is -1.20. The summed E-state index contributed by atoms with van der Waals surface area (Å²) < 4.78 is 64.6. The number of halogens is 2. The van der Waals surface area contributed by atoms with Gasteiger partial charge in [0.05, 0.1) is 18.6 Å². The summed E-state index contributed by atoms with van der Waals surface area (Å²) in [6.45, 7) is -0.632. The molecule has 1 saturated heterocycles. The largest absolute Gasteiger partial charge is 0.465 e. The number of aliphatic hydroxyl groups excluding tert-OH is 1. The van der Waals surface area contributed by atoms with Crippen LogP contribution in [0.2, 0.25) is 0 Å². The highest BCUT2D eigenvalue weighted by molar-refractivity contribution is 7.87. The molecule has 6 atom stereocenters. The summed E-state index contributed by atoms with van der Waals surface area (Å²) in [5.41, 5.74) is 0. The predicted molar refractivity (Wildman–Crippen MR) is 61.9 cm³/mol. The van der Waals surface area contributed by atoms with Gasteiger partial charge in [-0.15, -0.1) is 0 Å². The van der Waals surface area contributed by atoms with Crippen molar-refractivity contribution >= 4 is 22.1 Å². The standard InChI is InChI=1S/C11H12F2O8S/c12-11(13,22(17,18)19)10(16)20-2-5-3-1-4-6(7(3)14)9(15)21-8(4)5/h3-8,14H,1-2H2,(H,17,18,19). The Morgan fingerprint density at radius 3 is 2.64 bits per heavy atom. The van der Waals surface area contributed by atoms with E-state index in [0.29, 0.717) is 6.42 Å². The van der Waals surface area contributed by atoms with Crippen molar-refractivity contribution in [2.24, 2.45) is 23.7 Å². The van der Waals surface area contributed by atoms with Gasteiger partial charge in [0.25, 0.3) is 0 Å². The molecule has 22 heavy (non-hydrogen) atoms. The molecule has 0 radical (unpaired) electrons. The van der Waals surface area contributed by atoms with Crippen LogP contribution in [0.4, 0.5) is 8.78 Å². The molecule has 8 nitrogen and oxygen atoms in total. The molecule has 2 saturated carbocycles. The number of aliphatic hydroxyl groups is 1. The van der Waals surface area contributed by atoms with E-state index in [1.807, 2.05) is 0 Å². The van der Waals surface area contributed by atoms with Crippen molar-refractivity contribution in [2.75, 3.05) is 6.61 Å². The van der Waals surface area contributed by atoms with Crippen LogP contribution < -0.4 is 0 Å². The van der Waals surface area contributed by atoms with Crippen molar-refractivity contribution in [3.05, 3.63) is 0 Å². The van der Waals surface area contributed by atoms with Gasteiger partial charge in [-0.3, -0.25) is 9.35 Å². The molecule has 0 spiro atoms. The van der Waals surface area contributed by atoms with E-state index in [0.717, 1.165) is 0 Å². The predicted octanol–water partition coefficient (Wildman–Crippen LogP) is -0.821. The van der Waals surface area contributed by atoms with Crippen LogP contribution in [0.25, 0.3) is 0 Å². The van der Waals surface area contributed by atoms with Gasteiger partial charge >= 0.3 is 27.3 Å². The zero-order valence-electron chi connectivity index (χ0n) is 10.9. The smallest absolute Gasteiger partial charge is 0.461 e. The molecule has 2 aliphatic carbocycles.